The van der Waals surface area contributed by atoms with Gasteiger partial charge in [0.2, 0.25) is 0 Å². The quantitative estimate of drug-likeness (QED) is 0.437. The van der Waals surface area contributed by atoms with Crippen molar-refractivity contribution in [2.45, 2.75) is 53.4 Å². The molecule has 0 bridgehead atoms. The lowest BCUT2D eigenvalue weighted by Gasteiger charge is -2.33. The molecule has 206 valence electrons. The van der Waals surface area contributed by atoms with Crippen LogP contribution in [0.4, 0.5) is 17.6 Å². The molecule has 4 rings (SSSR count). The fourth-order valence-corrected chi connectivity index (χ4v) is 5.84. The van der Waals surface area contributed by atoms with E-state index < -0.39 is 35.3 Å². The second-order valence-corrected chi connectivity index (χ2v) is 12.5. The number of likely N-dealkylation sites (tertiary alicyclic amines) is 2. The molecule has 3 unspecified atom stereocenters. The van der Waals surface area contributed by atoms with Gasteiger partial charge in [-0.2, -0.15) is 0 Å². The van der Waals surface area contributed by atoms with Gasteiger partial charge in [-0.3, -0.25) is 9.59 Å². The summed E-state index contributed by atoms with van der Waals surface area (Å²) >= 11 is 0. The van der Waals surface area contributed by atoms with Crippen molar-refractivity contribution < 1.29 is 27.2 Å². The Bertz CT molecular complexity index is 1190. The lowest BCUT2D eigenvalue weighted by molar-refractivity contribution is 0.0764. The van der Waals surface area contributed by atoms with Crippen LogP contribution in [0.5, 0.6) is 0 Å². The van der Waals surface area contributed by atoms with Gasteiger partial charge in [0.25, 0.3) is 11.8 Å². The summed E-state index contributed by atoms with van der Waals surface area (Å²) in [6.07, 6.45) is -2.29. The topological polar surface area (TPSA) is 40.6 Å². The maximum Gasteiger partial charge on any atom is 0.253 e. The van der Waals surface area contributed by atoms with Crippen molar-refractivity contribution in [2.24, 2.45) is 22.7 Å². The molecule has 8 heteroatoms. The number of amides is 2. The number of benzene rings is 2. The van der Waals surface area contributed by atoms with E-state index >= 15 is 4.39 Å². The van der Waals surface area contributed by atoms with Crippen LogP contribution in [0.3, 0.4) is 0 Å². The molecule has 0 N–H and O–H groups in total. The summed E-state index contributed by atoms with van der Waals surface area (Å²) in [6, 6.07) is 9.24. The predicted molar refractivity (Wildman–Crippen MR) is 138 cm³/mol. The highest BCUT2D eigenvalue weighted by molar-refractivity contribution is 5.95. The van der Waals surface area contributed by atoms with Crippen molar-refractivity contribution >= 4 is 11.8 Å². The monoisotopic (exact) mass is 532 g/mol. The van der Waals surface area contributed by atoms with Crippen LogP contribution in [0, 0.1) is 34.3 Å². The number of nitrogens with zero attached hydrogens (tertiary/aromatic N) is 2. The number of carbonyl (C=O) groups excluding carboxylic acids is 2. The van der Waals surface area contributed by atoms with Gasteiger partial charge in [-0.25, -0.2) is 17.6 Å². The second-order valence-electron chi connectivity index (χ2n) is 12.5. The molecular weight excluding hydrogens is 496 g/mol. The van der Waals surface area contributed by atoms with E-state index in [1.165, 1.54) is 52.3 Å². The van der Waals surface area contributed by atoms with Gasteiger partial charge in [0.05, 0.1) is 13.1 Å². The third kappa shape index (κ3) is 5.74. The van der Waals surface area contributed by atoms with Gasteiger partial charge in [-0.1, -0.05) is 34.6 Å². The molecule has 0 aliphatic carbocycles. The number of carbonyl (C=O) groups is 2. The Kier molecular flexibility index (Phi) is 7.65. The van der Waals surface area contributed by atoms with E-state index in [4.69, 9.17) is 0 Å². The third-order valence-corrected chi connectivity index (χ3v) is 8.22. The van der Waals surface area contributed by atoms with Gasteiger partial charge in [-0.15, -0.1) is 0 Å². The van der Waals surface area contributed by atoms with E-state index in [1.54, 1.807) is 0 Å². The zero-order valence-electron chi connectivity index (χ0n) is 22.6. The van der Waals surface area contributed by atoms with E-state index in [1.807, 2.05) is 34.6 Å². The number of hydrogen-bond donors (Lipinski definition) is 0. The fraction of sp³-hybridized carbons (Fsp3) is 0.533. The van der Waals surface area contributed by atoms with Crippen LogP contribution in [0.2, 0.25) is 0 Å². The standard InChI is InChI=1S/C30H36F4N2O2/c1-29(2,3)22-14-35(16-25(22)33)28(38)19-8-11-24(32)20(12-19)13-30(4,5)23-15-36(17-26(23)34)27(37)18-6-9-21(31)10-7-18/h6-12,22-23,25-26H,13-17H2,1-5H3/t22?,23?,25?,26-/m0/s1. The van der Waals surface area contributed by atoms with Gasteiger partial charge in [0, 0.05) is 36.1 Å². The van der Waals surface area contributed by atoms with Gasteiger partial charge >= 0.3 is 0 Å². The van der Waals surface area contributed by atoms with Crippen LogP contribution < -0.4 is 0 Å². The molecule has 0 radical (unpaired) electrons. The molecule has 0 spiro atoms. The van der Waals surface area contributed by atoms with Crippen LogP contribution in [0.25, 0.3) is 0 Å². The Morgan fingerprint density at radius 3 is 1.82 bits per heavy atom. The zero-order valence-corrected chi connectivity index (χ0v) is 22.6. The highest BCUT2D eigenvalue weighted by Gasteiger charge is 2.45. The lowest BCUT2D eigenvalue weighted by atomic mass is 9.73. The molecule has 2 amide bonds. The van der Waals surface area contributed by atoms with Gasteiger partial charge in [0.1, 0.15) is 24.0 Å². The van der Waals surface area contributed by atoms with Crippen LogP contribution in [0.15, 0.2) is 42.5 Å². The molecule has 0 aromatic heterocycles. The van der Waals surface area contributed by atoms with Gasteiger partial charge in [-0.05, 0) is 65.3 Å². The van der Waals surface area contributed by atoms with Crippen LogP contribution in [-0.4, -0.2) is 60.1 Å². The minimum Gasteiger partial charge on any atom is -0.335 e. The Hall–Kier alpha value is -2.90. The van der Waals surface area contributed by atoms with E-state index in [0.717, 1.165) is 0 Å². The SMILES string of the molecule is CC(C)(C)C1CN(C(=O)c2ccc(F)c(CC(C)(C)C3CN(C(=O)c4ccc(F)cc4)C[C@@H]3F)c2)CC1F. The maximum atomic E-state index is 15.2. The Balaban J connectivity index is 1.48. The number of rotatable bonds is 5. The molecule has 2 aromatic rings. The third-order valence-electron chi connectivity index (χ3n) is 8.22. The van der Waals surface area contributed by atoms with Crippen molar-refractivity contribution in [1.29, 1.82) is 0 Å². The van der Waals surface area contributed by atoms with Crippen LogP contribution >= 0.6 is 0 Å². The molecule has 2 aliphatic rings. The summed E-state index contributed by atoms with van der Waals surface area (Å²) in [5.74, 6) is -2.54. The van der Waals surface area contributed by atoms with Crippen molar-refractivity contribution in [2.75, 3.05) is 26.2 Å². The van der Waals surface area contributed by atoms with E-state index in [-0.39, 0.29) is 65.9 Å². The normalized spacial score (nSPS) is 24.2. The average molecular weight is 533 g/mol. The first-order valence-corrected chi connectivity index (χ1v) is 13.1. The lowest BCUT2D eigenvalue weighted by Crippen LogP contribution is -2.35. The second kappa shape index (κ2) is 10.3. The van der Waals surface area contributed by atoms with Gasteiger partial charge in [0.15, 0.2) is 0 Å². The largest absolute Gasteiger partial charge is 0.335 e. The molecule has 4 nitrogen and oxygen atoms in total. The van der Waals surface area contributed by atoms with E-state index in [0.29, 0.717) is 6.54 Å². The summed E-state index contributed by atoms with van der Waals surface area (Å²) in [6.45, 7) is 9.85. The van der Waals surface area contributed by atoms with E-state index in [9.17, 15) is 22.8 Å². The summed E-state index contributed by atoms with van der Waals surface area (Å²) in [7, 11) is 0. The summed E-state index contributed by atoms with van der Waals surface area (Å²) in [4.78, 5) is 28.9. The Morgan fingerprint density at radius 2 is 1.26 bits per heavy atom. The molecule has 2 aromatic carbocycles. The van der Waals surface area contributed by atoms with E-state index in [2.05, 4.69) is 0 Å². The predicted octanol–water partition coefficient (Wildman–Crippen LogP) is 6.10. The molecule has 2 saturated heterocycles. The Morgan fingerprint density at radius 1 is 0.763 bits per heavy atom. The molecule has 2 aliphatic heterocycles. The number of alkyl halides is 2. The molecule has 2 heterocycles. The summed E-state index contributed by atoms with van der Waals surface area (Å²) in [5, 5.41) is 0. The first kappa shape index (κ1) is 28.1. The number of halogens is 4. The highest BCUT2D eigenvalue weighted by atomic mass is 19.1. The smallest absolute Gasteiger partial charge is 0.253 e. The van der Waals surface area contributed by atoms with Gasteiger partial charge < -0.3 is 9.80 Å². The minimum atomic E-state index is -1.32. The van der Waals surface area contributed by atoms with Crippen molar-refractivity contribution in [3.05, 3.63) is 70.8 Å². The Labute approximate surface area is 222 Å². The first-order chi connectivity index (χ1) is 17.7. The average Bonchev–Trinajstić information content (AvgIpc) is 3.43. The highest BCUT2D eigenvalue weighted by Crippen LogP contribution is 2.40. The van der Waals surface area contributed by atoms with Crippen molar-refractivity contribution in [3.8, 4) is 0 Å². The zero-order chi connectivity index (χ0) is 28.0. The fourth-order valence-electron chi connectivity index (χ4n) is 5.84. The number of hydrogen-bond acceptors (Lipinski definition) is 2. The van der Waals surface area contributed by atoms with Crippen molar-refractivity contribution in [1.82, 2.24) is 9.80 Å². The maximum absolute atomic E-state index is 15.2. The van der Waals surface area contributed by atoms with Crippen molar-refractivity contribution in [3.63, 3.8) is 0 Å². The van der Waals surface area contributed by atoms with Crippen LogP contribution in [0.1, 0.15) is 60.9 Å². The molecule has 38 heavy (non-hydrogen) atoms. The molecule has 2 fully saturated rings. The summed E-state index contributed by atoms with van der Waals surface area (Å²) in [5.41, 5.74) is -0.201. The summed E-state index contributed by atoms with van der Waals surface area (Å²) < 4.78 is 58.0. The molecule has 0 saturated carbocycles. The molecule has 4 atom stereocenters. The first-order valence-electron chi connectivity index (χ1n) is 13.1. The van der Waals surface area contributed by atoms with Crippen LogP contribution in [-0.2, 0) is 6.42 Å². The molecular formula is C30H36F4N2O2. The minimum absolute atomic E-state index is 0.00248.